The first kappa shape index (κ1) is 17.6. The minimum Gasteiger partial charge on any atom is -0.455 e. The summed E-state index contributed by atoms with van der Waals surface area (Å²) in [5.41, 5.74) is 5.26. The summed E-state index contributed by atoms with van der Waals surface area (Å²) in [4.78, 5) is 26.6. The zero-order valence-electron chi connectivity index (χ0n) is 13.7. The van der Waals surface area contributed by atoms with Gasteiger partial charge in [0.05, 0.1) is 25.0 Å². The number of thioether (sulfide) groups is 1. The molecule has 3 rings (SSSR count). The molecule has 1 saturated heterocycles. The van der Waals surface area contributed by atoms with Crippen molar-refractivity contribution in [1.82, 2.24) is 4.90 Å². The molecule has 1 aromatic carbocycles. The Morgan fingerprint density at radius 2 is 2.00 bits per heavy atom. The van der Waals surface area contributed by atoms with Gasteiger partial charge < -0.3 is 19.8 Å². The van der Waals surface area contributed by atoms with Crippen LogP contribution >= 0.6 is 11.8 Å². The van der Waals surface area contributed by atoms with Gasteiger partial charge in [0.2, 0.25) is 5.91 Å². The molecule has 7 heteroatoms. The SMILES string of the molecule is NC(=O)CC1COCCN1C(=O)c1ccc(CSc2ccccc2)o1. The highest BCUT2D eigenvalue weighted by molar-refractivity contribution is 7.98. The zero-order valence-corrected chi connectivity index (χ0v) is 14.5. The molecule has 1 aliphatic rings. The fourth-order valence-electron chi connectivity index (χ4n) is 2.71. The van der Waals surface area contributed by atoms with E-state index in [1.807, 2.05) is 36.4 Å². The fraction of sp³-hybridized carbons (Fsp3) is 0.333. The lowest BCUT2D eigenvalue weighted by Crippen LogP contribution is -2.50. The summed E-state index contributed by atoms with van der Waals surface area (Å²) in [5, 5.41) is 0. The van der Waals surface area contributed by atoms with Crippen LogP contribution in [0.3, 0.4) is 0 Å². The van der Waals surface area contributed by atoms with E-state index in [1.165, 1.54) is 0 Å². The van der Waals surface area contributed by atoms with E-state index in [0.717, 1.165) is 10.7 Å². The van der Waals surface area contributed by atoms with Gasteiger partial charge in [-0.3, -0.25) is 9.59 Å². The van der Waals surface area contributed by atoms with Crippen molar-refractivity contribution < 1.29 is 18.7 Å². The largest absolute Gasteiger partial charge is 0.455 e. The highest BCUT2D eigenvalue weighted by atomic mass is 32.2. The lowest BCUT2D eigenvalue weighted by Gasteiger charge is -2.34. The molecular weight excluding hydrogens is 340 g/mol. The van der Waals surface area contributed by atoms with Gasteiger partial charge in [0.25, 0.3) is 5.91 Å². The van der Waals surface area contributed by atoms with Crippen molar-refractivity contribution in [1.29, 1.82) is 0 Å². The first-order valence-corrected chi connectivity index (χ1v) is 9.05. The van der Waals surface area contributed by atoms with Crippen LogP contribution in [0.2, 0.25) is 0 Å². The first-order chi connectivity index (χ1) is 12.1. The molecule has 0 bridgehead atoms. The summed E-state index contributed by atoms with van der Waals surface area (Å²) >= 11 is 1.64. The van der Waals surface area contributed by atoms with E-state index in [4.69, 9.17) is 14.9 Å². The Labute approximate surface area is 150 Å². The Bertz CT molecular complexity index is 732. The number of nitrogens with zero attached hydrogens (tertiary/aromatic N) is 1. The van der Waals surface area contributed by atoms with Gasteiger partial charge in [-0.05, 0) is 24.3 Å². The quantitative estimate of drug-likeness (QED) is 0.799. The van der Waals surface area contributed by atoms with E-state index in [9.17, 15) is 9.59 Å². The van der Waals surface area contributed by atoms with Gasteiger partial charge in [-0.25, -0.2) is 0 Å². The second kappa shape index (κ2) is 8.22. The normalized spacial score (nSPS) is 17.4. The molecule has 2 amide bonds. The number of rotatable bonds is 6. The lowest BCUT2D eigenvalue weighted by molar-refractivity contribution is -0.120. The van der Waals surface area contributed by atoms with Crippen LogP contribution in [0.1, 0.15) is 22.7 Å². The summed E-state index contributed by atoms with van der Waals surface area (Å²) in [6, 6.07) is 13.1. The van der Waals surface area contributed by atoms with E-state index >= 15 is 0 Å². The van der Waals surface area contributed by atoms with E-state index in [-0.39, 0.29) is 24.1 Å². The van der Waals surface area contributed by atoms with Crippen molar-refractivity contribution in [2.45, 2.75) is 23.1 Å². The Balaban J connectivity index is 1.64. The molecule has 0 radical (unpaired) electrons. The summed E-state index contributed by atoms with van der Waals surface area (Å²) in [7, 11) is 0. The van der Waals surface area contributed by atoms with Crippen LogP contribution in [0, 0.1) is 0 Å². The maximum Gasteiger partial charge on any atom is 0.289 e. The van der Waals surface area contributed by atoms with E-state index in [0.29, 0.717) is 25.5 Å². The van der Waals surface area contributed by atoms with Crippen LogP contribution in [0.15, 0.2) is 51.8 Å². The average Bonchev–Trinajstić information content (AvgIpc) is 3.09. The van der Waals surface area contributed by atoms with Gasteiger partial charge in [0.15, 0.2) is 5.76 Å². The number of carbonyl (C=O) groups is 2. The molecule has 1 atom stereocenters. The Kier molecular flexibility index (Phi) is 5.78. The molecule has 1 aromatic heterocycles. The Hall–Kier alpha value is -2.25. The van der Waals surface area contributed by atoms with Crippen molar-refractivity contribution in [3.05, 3.63) is 54.0 Å². The average molecular weight is 360 g/mol. The van der Waals surface area contributed by atoms with Gasteiger partial charge >= 0.3 is 0 Å². The molecule has 2 N–H and O–H groups in total. The predicted molar refractivity (Wildman–Crippen MR) is 94.2 cm³/mol. The zero-order chi connectivity index (χ0) is 17.6. The second-order valence-corrected chi connectivity index (χ2v) is 6.81. The molecule has 1 aliphatic heterocycles. The predicted octanol–water partition coefficient (Wildman–Crippen LogP) is 2.29. The van der Waals surface area contributed by atoms with Crippen LogP contribution in [-0.4, -0.2) is 42.5 Å². The molecule has 1 unspecified atom stereocenters. The van der Waals surface area contributed by atoms with Crippen molar-refractivity contribution in [2.24, 2.45) is 5.73 Å². The van der Waals surface area contributed by atoms with Crippen LogP contribution in [0.4, 0.5) is 0 Å². The third-order valence-electron chi connectivity index (χ3n) is 3.92. The smallest absolute Gasteiger partial charge is 0.289 e. The summed E-state index contributed by atoms with van der Waals surface area (Å²) in [6.07, 6.45) is 0.0865. The number of amides is 2. The second-order valence-electron chi connectivity index (χ2n) is 5.77. The molecule has 25 heavy (non-hydrogen) atoms. The van der Waals surface area contributed by atoms with Gasteiger partial charge in [-0.2, -0.15) is 0 Å². The Morgan fingerprint density at radius 3 is 2.76 bits per heavy atom. The van der Waals surface area contributed by atoms with Gasteiger partial charge in [-0.15, -0.1) is 11.8 Å². The van der Waals surface area contributed by atoms with E-state index in [2.05, 4.69) is 0 Å². The number of furan rings is 1. The number of nitrogens with two attached hydrogens (primary N) is 1. The number of ether oxygens (including phenoxy) is 1. The van der Waals surface area contributed by atoms with Crippen LogP contribution < -0.4 is 5.73 Å². The molecule has 2 heterocycles. The number of hydrogen-bond acceptors (Lipinski definition) is 5. The summed E-state index contributed by atoms with van der Waals surface area (Å²) in [6.45, 7) is 1.18. The lowest BCUT2D eigenvalue weighted by atomic mass is 10.1. The molecule has 1 fully saturated rings. The highest BCUT2D eigenvalue weighted by Crippen LogP contribution is 2.24. The standard InChI is InChI=1S/C18H20N2O4S/c19-17(21)10-13-11-23-9-8-20(13)18(22)16-7-6-14(24-16)12-25-15-4-2-1-3-5-15/h1-7,13H,8-12H2,(H2,19,21). The third-order valence-corrected chi connectivity index (χ3v) is 4.96. The summed E-state index contributed by atoms with van der Waals surface area (Å²) < 4.78 is 11.1. The molecule has 2 aromatic rings. The number of hydrogen-bond donors (Lipinski definition) is 1. The first-order valence-electron chi connectivity index (χ1n) is 8.07. The topological polar surface area (TPSA) is 85.8 Å². The van der Waals surface area contributed by atoms with Gasteiger partial charge in [-0.1, -0.05) is 18.2 Å². The molecular formula is C18H20N2O4S. The number of benzene rings is 1. The van der Waals surface area contributed by atoms with Crippen LogP contribution in [0.25, 0.3) is 0 Å². The minimum absolute atomic E-state index is 0.0865. The minimum atomic E-state index is -0.451. The van der Waals surface area contributed by atoms with Crippen molar-refractivity contribution in [3.63, 3.8) is 0 Å². The molecule has 0 spiro atoms. The molecule has 6 nitrogen and oxygen atoms in total. The van der Waals surface area contributed by atoms with Crippen molar-refractivity contribution >= 4 is 23.6 Å². The Morgan fingerprint density at radius 1 is 1.20 bits per heavy atom. The number of carbonyl (C=O) groups excluding carboxylic acids is 2. The fourth-order valence-corrected chi connectivity index (χ4v) is 3.52. The molecule has 132 valence electrons. The van der Waals surface area contributed by atoms with Crippen molar-refractivity contribution in [3.8, 4) is 0 Å². The van der Waals surface area contributed by atoms with E-state index in [1.54, 1.807) is 22.7 Å². The summed E-state index contributed by atoms with van der Waals surface area (Å²) in [5.74, 6) is 0.973. The van der Waals surface area contributed by atoms with Crippen LogP contribution in [0.5, 0.6) is 0 Å². The van der Waals surface area contributed by atoms with Gasteiger partial charge in [0.1, 0.15) is 5.76 Å². The maximum absolute atomic E-state index is 12.7. The highest BCUT2D eigenvalue weighted by Gasteiger charge is 2.30. The van der Waals surface area contributed by atoms with Crippen LogP contribution in [-0.2, 0) is 15.3 Å². The number of morpholine rings is 1. The molecule has 0 aliphatic carbocycles. The molecule has 0 saturated carbocycles. The van der Waals surface area contributed by atoms with Gasteiger partial charge in [0, 0.05) is 17.9 Å². The van der Waals surface area contributed by atoms with Crippen molar-refractivity contribution in [2.75, 3.05) is 19.8 Å². The maximum atomic E-state index is 12.7. The number of primary amides is 1. The third kappa shape index (κ3) is 4.64. The monoisotopic (exact) mass is 360 g/mol. The van der Waals surface area contributed by atoms with E-state index < -0.39 is 5.91 Å².